The quantitative estimate of drug-likeness (QED) is 0.827. The second-order valence-electron chi connectivity index (χ2n) is 4.63. The zero-order valence-corrected chi connectivity index (χ0v) is 11.7. The standard InChI is InChI=1S/C14H20N2O3/c1-15-7-4-8-16(10-14(15)17)12-6-5-11(18-2)9-13(12)19-3/h5-6,9H,4,7-8,10H2,1-3H3. The number of likely N-dealkylation sites (N-methyl/N-ethyl adjacent to an activating group) is 1. The third-order valence-corrected chi connectivity index (χ3v) is 3.40. The Bertz CT molecular complexity index is 462. The van der Waals surface area contributed by atoms with Gasteiger partial charge in [-0.2, -0.15) is 0 Å². The van der Waals surface area contributed by atoms with E-state index in [2.05, 4.69) is 4.90 Å². The Labute approximate surface area is 113 Å². The second kappa shape index (κ2) is 5.82. The lowest BCUT2D eigenvalue weighted by Crippen LogP contribution is -2.34. The molecule has 1 amide bonds. The molecule has 1 aliphatic heterocycles. The molecular formula is C14H20N2O3. The van der Waals surface area contributed by atoms with Gasteiger partial charge in [-0.1, -0.05) is 0 Å². The van der Waals surface area contributed by atoms with Gasteiger partial charge in [0, 0.05) is 26.2 Å². The lowest BCUT2D eigenvalue weighted by molar-refractivity contribution is -0.127. The fourth-order valence-corrected chi connectivity index (χ4v) is 2.24. The van der Waals surface area contributed by atoms with E-state index in [4.69, 9.17) is 9.47 Å². The molecule has 0 saturated carbocycles. The molecule has 104 valence electrons. The van der Waals surface area contributed by atoms with E-state index in [9.17, 15) is 4.79 Å². The molecule has 0 radical (unpaired) electrons. The Morgan fingerprint density at radius 2 is 1.95 bits per heavy atom. The average Bonchev–Trinajstić information content (AvgIpc) is 2.60. The van der Waals surface area contributed by atoms with E-state index in [1.165, 1.54) is 0 Å². The second-order valence-corrected chi connectivity index (χ2v) is 4.63. The number of hydrogen-bond donors (Lipinski definition) is 0. The van der Waals surface area contributed by atoms with E-state index >= 15 is 0 Å². The molecule has 1 saturated heterocycles. The van der Waals surface area contributed by atoms with Crippen LogP contribution in [0.4, 0.5) is 5.69 Å². The third kappa shape index (κ3) is 2.92. The molecule has 0 unspecified atom stereocenters. The van der Waals surface area contributed by atoms with Crippen molar-refractivity contribution < 1.29 is 14.3 Å². The van der Waals surface area contributed by atoms with Crippen molar-refractivity contribution in [1.29, 1.82) is 0 Å². The Hall–Kier alpha value is -1.91. The minimum atomic E-state index is 0.135. The van der Waals surface area contributed by atoms with Crippen LogP contribution in [0, 0.1) is 0 Å². The van der Waals surface area contributed by atoms with Crippen LogP contribution >= 0.6 is 0 Å². The first-order valence-electron chi connectivity index (χ1n) is 6.36. The summed E-state index contributed by atoms with van der Waals surface area (Å²) in [7, 11) is 5.10. The zero-order chi connectivity index (χ0) is 13.8. The van der Waals surface area contributed by atoms with Crippen molar-refractivity contribution in [2.75, 3.05) is 45.8 Å². The highest BCUT2D eigenvalue weighted by Crippen LogP contribution is 2.32. The predicted octanol–water partition coefficient (Wildman–Crippen LogP) is 1.37. The van der Waals surface area contributed by atoms with Gasteiger partial charge in [-0.3, -0.25) is 4.79 Å². The predicted molar refractivity (Wildman–Crippen MR) is 74.0 cm³/mol. The summed E-state index contributed by atoms with van der Waals surface area (Å²) in [5, 5.41) is 0. The number of carbonyl (C=O) groups is 1. The summed E-state index contributed by atoms with van der Waals surface area (Å²) < 4.78 is 10.6. The number of amides is 1. The van der Waals surface area contributed by atoms with Crippen molar-refractivity contribution >= 4 is 11.6 Å². The van der Waals surface area contributed by atoms with Crippen molar-refractivity contribution in [2.24, 2.45) is 0 Å². The molecule has 0 spiro atoms. The van der Waals surface area contributed by atoms with Crippen LogP contribution in [0.1, 0.15) is 6.42 Å². The zero-order valence-electron chi connectivity index (χ0n) is 11.7. The molecule has 0 aliphatic carbocycles. The van der Waals surface area contributed by atoms with Gasteiger partial charge in [-0.05, 0) is 18.6 Å². The van der Waals surface area contributed by atoms with Crippen LogP contribution in [-0.2, 0) is 4.79 Å². The molecule has 0 atom stereocenters. The van der Waals surface area contributed by atoms with Crippen LogP contribution in [0.5, 0.6) is 11.5 Å². The molecule has 1 aliphatic rings. The Kier molecular flexibility index (Phi) is 4.14. The van der Waals surface area contributed by atoms with E-state index in [0.717, 1.165) is 36.7 Å². The van der Waals surface area contributed by atoms with E-state index < -0.39 is 0 Å². The van der Waals surface area contributed by atoms with Gasteiger partial charge >= 0.3 is 0 Å². The smallest absolute Gasteiger partial charge is 0.241 e. The van der Waals surface area contributed by atoms with Crippen LogP contribution in [0.15, 0.2) is 18.2 Å². The number of benzene rings is 1. The molecule has 2 rings (SSSR count). The number of anilines is 1. The average molecular weight is 264 g/mol. The summed E-state index contributed by atoms with van der Waals surface area (Å²) in [5.74, 6) is 1.62. The lowest BCUT2D eigenvalue weighted by Gasteiger charge is -2.24. The van der Waals surface area contributed by atoms with E-state index in [0.29, 0.717) is 6.54 Å². The summed E-state index contributed by atoms with van der Waals surface area (Å²) in [5.41, 5.74) is 0.937. The minimum absolute atomic E-state index is 0.135. The van der Waals surface area contributed by atoms with Gasteiger partial charge in [0.1, 0.15) is 11.5 Å². The molecule has 1 aromatic carbocycles. The Morgan fingerprint density at radius 3 is 2.63 bits per heavy atom. The number of rotatable bonds is 3. The fraction of sp³-hybridized carbons (Fsp3) is 0.500. The van der Waals surface area contributed by atoms with Gasteiger partial charge in [-0.15, -0.1) is 0 Å². The van der Waals surface area contributed by atoms with Crippen LogP contribution in [0.25, 0.3) is 0 Å². The van der Waals surface area contributed by atoms with Crippen LogP contribution in [0.3, 0.4) is 0 Å². The maximum absolute atomic E-state index is 11.9. The summed E-state index contributed by atoms with van der Waals surface area (Å²) in [4.78, 5) is 15.8. The first-order valence-corrected chi connectivity index (χ1v) is 6.36. The molecule has 5 nitrogen and oxygen atoms in total. The summed E-state index contributed by atoms with van der Waals surface area (Å²) in [6.45, 7) is 2.03. The molecule has 19 heavy (non-hydrogen) atoms. The Balaban J connectivity index is 2.27. The monoisotopic (exact) mass is 264 g/mol. The topological polar surface area (TPSA) is 42.0 Å². The number of carbonyl (C=O) groups excluding carboxylic acids is 1. The fourth-order valence-electron chi connectivity index (χ4n) is 2.24. The van der Waals surface area contributed by atoms with Crippen LogP contribution in [-0.4, -0.2) is 51.7 Å². The summed E-state index contributed by atoms with van der Waals surface area (Å²) in [6, 6.07) is 5.67. The third-order valence-electron chi connectivity index (χ3n) is 3.40. The molecule has 0 bridgehead atoms. The van der Waals surface area contributed by atoms with Crippen molar-refractivity contribution in [1.82, 2.24) is 4.90 Å². The number of methoxy groups -OCH3 is 2. The molecule has 1 aromatic rings. The Morgan fingerprint density at radius 1 is 1.16 bits per heavy atom. The van der Waals surface area contributed by atoms with Crippen LogP contribution in [0.2, 0.25) is 0 Å². The van der Waals surface area contributed by atoms with E-state index in [-0.39, 0.29) is 5.91 Å². The molecule has 1 fully saturated rings. The van der Waals surface area contributed by atoms with E-state index in [1.807, 2.05) is 25.2 Å². The van der Waals surface area contributed by atoms with Gasteiger partial charge in [0.15, 0.2) is 0 Å². The SMILES string of the molecule is COc1ccc(N2CCCN(C)C(=O)C2)c(OC)c1. The number of hydrogen-bond acceptors (Lipinski definition) is 4. The summed E-state index contributed by atoms with van der Waals surface area (Å²) in [6.07, 6.45) is 0.956. The largest absolute Gasteiger partial charge is 0.497 e. The van der Waals surface area contributed by atoms with Gasteiger partial charge in [0.05, 0.1) is 26.5 Å². The van der Waals surface area contributed by atoms with Gasteiger partial charge in [-0.25, -0.2) is 0 Å². The van der Waals surface area contributed by atoms with Gasteiger partial charge < -0.3 is 19.3 Å². The molecule has 1 heterocycles. The van der Waals surface area contributed by atoms with E-state index in [1.54, 1.807) is 19.1 Å². The summed E-state index contributed by atoms with van der Waals surface area (Å²) >= 11 is 0. The molecule has 5 heteroatoms. The highest BCUT2D eigenvalue weighted by atomic mass is 16.5. The van der Waals surface area contributed by atoms with Crippen molar-refractivity contribution in [3.63, 3.8) is 0 Å². The molecular weight excluding hydrogens is 244 g/mol. The molecule has 0 aromatic heterocycles. The first kappa shape index (κ1) is 13.5. The van der Waals surface area contributed by atoms with Gasteiger partial charge in [0.25, 0.3) is 0 Å². The van der Waals surface area contributed by atoms with Crippen molar-refractivity contribution in [2.45, 2.75) is 6.42 Å². The maximum atomic E-state index is 11.9. The highest BCUT2D eigenvalue weighted by Gasteiger charge is 2.21. The van der Waals surface area contributed by atoms with Crippen molar-refractivity contribution in [3.8, 4) is 11.5 Å². The van der Waals surface area contributed by atoms with Crippen molar-refractivity contribution in [3.05, 3.63) is 18.2 Å². The minimum Gasteiger partial charge on any atom is -0.497 e. The number of ether oxygens (including phenoxy) is 2. The van der Waals surface area contributed by atoms with Crippen LogP contribution < -0.4 is 14.4 Å². The maximum Gasteiger partial charge on any atom is 0.241 e. The molecule has 0 N–H and O–H groups in total. The number of nitrogens with zero attached hydrogens (tertiary/aromatic N) is 2. The normalized spacial score (nSPS) is 16.3. The highest BCUT2D eigenvalue weighted by molar-refractivity contribution is 5.82. The first-order chi connectivity index (χ1) is 9.15. The lowest BCUT2D eigenvalue weighted by atomic mass is 10.2. The van der Waals surface area contributed by atoms with Gasteiger partial charge in [0.2, 0.25) is 5.91 Å².